The molecular formula is C13H9ClN2. The second-order valence-electron chi connectivity index (χ2n) is 3.32. The summed E-state index contributed by atoms with van der Waals surface area (Å²) in [5, 5.41) is 12.7. The van der Waals surface area contributed by atoms with Gasteiger partial charge in [-0.25, -0.2) is 0 Å². The number of nitrogens with one attached hydrogen (secondary N) is 1. The predicted molar refractivity (Wildman–Crippen MR) is 65.9 cm³/mol. The van der Waals surface area contributed by atoms with E-state index in [-0.39, 0.29) is 0 Å². The summed E-state index contributed by atoms with van der Waals surface area (Å²) in [7, 11) is 0. The highest BCUT2D eigenvalue weighted by Crippen LogP contribution is 2.19. The lowest BCUT2D eigenvalue weighted by atomic mass is 10.2. The van der Waals surface area contributed by atoms with E-state index in [2.05, 4.69) is 11.4 Å². The van der Waals surface area contributed by atoms with Crippen LogP contribution in [0.4, 0.5) is 11.4 Å². The molecule has 0 atom stereocenters. The van der Waals surface area contributed by atoms with E-state index in [1.807, 2.05) is 36.4 Å². The summed E-state index contributed by atoms with van der Waals surface area (Å²) in [5.74, 6) is 0. The van der Waals surface area contributed by atoms with Crippen molar-refractivity contribution in [2.45, 2.75) is 0 Å². The molecule has 0 heterocycles. The quantitative estimate of drug-likeness (QED) is 0.845. The fourth-order valence-electron chi connectivity index (χ4n) is 1.37. The van der Waals surface area contributed by atoms with Crippen molar-refractivity contribution in [1.82, 2.24) is 0 Å². The summed E-state index contributed by atoms with van der Waals surface area (Å²) in [4.78, 5) is 0. The molecule has 0 aliphatic heterocycles. The van der Waals surface area contributed by atoms with Crippen LogP contribution in [0.15, 0.2) is 48.5 Å². The Labute approximate surface area is 99.1 Å². The first-order chi connectivity index (χ1) is 7.78. The molecule has 2 rings (SSSR count). The van der Waals surface area contributed by atoms with Crippen molar-refractivity contribution in [3.63, 3.8) is 0 Å². The number of halogens is 1. The fourth-order valence-corrected chi connectivity index (χ4v) is 1.49. The van der Waals surface area contributed by atoms with Crippen LogP contribution in [0, 0.1) is 11.3 Å². The Balaban J connectivity index is 2.21. The third kappa shape index (κ3) is 2.53. The molecule has 2 aromatic carbocycles. The molecule has 0 unspecified atom stereocenters. The molecule has 0 radical (unpaired) electrons. The minimum Gasteiger partial charge on any atom is -0.355 e. The minimum absolute atomic E-state index is 0.638. The Hall–Kier alpha value is -1.98. The molecule has 0 saturated carbocycles. The predicted octanol–water partition coefficient (Wildman–Crippen LogP) is 3.96. The highest BCUT2D eigenvalue weighted by Gasteiger charge is 1.96. The molecule has 0 aromatic heterocycles. The molecular weight excluding hydrogens is 220 g/mol. The normalized spacial score (nSPS) is 9.50. The lowest BCUT2D eigenvalue weighted by molar-refractivity contribution is 1.47. The largest absolute Gasteiger partial charge is 0.355 e. The number of benzene rings is 2. The van der Waals surface area contributed by atoms with Gasteiger partial charge in [-0.05, 0) is 42.5 Å². The summed E-state index contributed by atoms with van der Waals surface area (Å²) >= 11 is 5.79. The van der Waals surface area contributed by atoms with Crippen LogP contribution < -0.4 is 5.32 Å². The van der Waals surface area contributed by atoms with Crippen LogP contribution >= 0.6 is 11.6 Å². The lowest BCUT2D eigenvalue weighted by Crippen LogP contribution is -1.89. The van der Waals surface area contributed by atoms with Crippen LogP contribution in [0.2, 0.25) is 5.02 Å². The van der Waals surface area contributed by atoms with Gasteiger partial charge >= 0.3 is 0 Å². The maximum Gasteiger partial charge on any atom is 0.0992 e. The first-order valence-electron chi connectivity index (χ1n) is 4.81. The average molecular weight is 229 g/mol. The lowest BCUT2D eigenvalue weighted by Gasteiger charge is -2.06. The SMILES string of the molecule is N#Cc1cccc(Nc2ccc(Cl)cc2)c1. The zero-order chi connectivity index (χ0) is 11.4. The fraction of sp³-hybridized carbons (Fsp3) is 0. The van der Waals surface area contributed by atoms with E-state index in [0.29, 0.717) is 10.6 Å². The van der Waals surface area contributed by atoms with Gasteiger partial charge in [0.05, 0.1) is 11.6 Å². The van der Waals surface area contributed by atoms with E-state index in [9.17, 15) is 0 Å². The van der Waals surface area contributed by atoms with Gasteiger partial charge in [-0.3, -0.25) is 0 Å². The van der Waals surface area contributed by atoms with Crippen molar-refractivity contribution in [1.29, 1.82) is 5.26 Å². The Kier molecular flexibility index (Phi) is 3.09. The Bertz CT molecular complexity index is 526. The van der Waals surface area contributed by atoms with Gasteiger partial charge in [0.15, 0.2) is 0 Å². The Morgan fingerprint density at radius 1 is 1.00 bits per heavy atom. The minimum atomic E-state index is 0.638. The second kappa shape index (κ2) is 4.69. The van der Waals surface area contributed by atoms with Crippen molar-refractivity contribution >= 4 is 23.0 Å². The number of hydrogen-bond donors (Lipinski definition) is 1. The number of nitrogens with zero attached hydrogens (tertiary/aromatic N) is 1. The molecule has 0 aliphatic carbocycles. The van der Waals surface area contributed by atoms with Gasteiger partial charge in [-0.2, -0.15) is 5.26 Å². The summed E-state index contributed by atoms with van der Waals surface area (Å²) < 4.78 is 0. The van der Waals surface area contributed by atoms with Crippen molar-refractivity contribution < 1.29 is 0 Å². The summed E-state index contributed by atoms with van der Waals surface area (Å²) in [6, 6.07) is 16.8. The van der Waals surface area contributed by atoms with Gasteiger partial charge in [-0.15, -0.1) is 0 Å². The highest BCUT2D eigenvalue weighted by molar-refractivity contribution is 6.30. The van der Waals surface area contributed by atoms with Gasteiger partial charge < -0.3 is 5.32 Å². The van der Waals surface area contributed by atoms with Crippen molar-refractivity contribution in [3.8, 4) is 6.07 Å². The van der Waals surface area contributed by atoms with E-state index < -0.39 is 0 Å². The highest BCUT2D eigenvalue weighted by atomic mass is 35.5. The maximum atomic E-state index is 8.77. The topological polar surface area (TPSA) is 35.8 Å². The van der Waals surface area contributed by atoms with Gasteiger partial charge in [-0.1, -0.05) is 17.7 Å². The molecule has 0 amide bonds. The van der Waals surface area contributed by atoms with Crippen LogP contribution in [0.1, 0.15) is 5.56 Å². The maximum absolute atomic E-state index is 8.77. The number of hydrogen-bond acceptors (Lipinski definition) is 2. The van der Waals surface area contributed by atoms with E-state index in [1.165, 1.54) is 0 Å². The third-order valence-electron chi connectivity index (χ3n) is 2.12. The standard InChI is InChI=1S/C13H9ClN2/c14-11-4-6-12(7-5-11)16-13-3-1-2-10(8-13)9-15/h1-8,16H. The second-order valence-corrected chi connectivity index (χ2v) is 3.76. The number of anilines is 2. The Morgan fingerprint density at radius 2 is 1.75 bits per heavy atom. The molecule has 0 aliphatic rings. The molecule has 3 heteroatoms. The van der Waals surface area contributed by atoms with Crippen molar-refractivity contribution in [2.75, 3.05) is 5.32 Å². The van der Waals surface area contributed by atoms with E-state index in [1.54, 1.807) is 12.1 Å². The third-order valence-corrected chi connectivity index (χ3v) is 2.38. The first-order valence-corrected chi connectivity index (χ1v) is 5.18. The van der Waals surface area contributed by atoms with Crippen LogP contribution in [-0.4, -0.2) is 0 Å². The summed E-state index contributed by atoms with van der Waals surface area (Å²) in [6.45, 7) is 0. The molecule has 0 spiro atoms. The molecule has 0 fully saturated rings. The molecule has 2 aromatic rings. The van der Waals surface area contributed by atoms with Crippen LogP contribution in [0.3, 0.4) is 0 Å². The van der Waals surface area contributed by atoms with E-state index in [0.717, 1.165) is 11.4 Å². The molecule has 1 N–H and O–H groups in total. The average Bonchev–Trinajstić information content (AvgIpc) is 2.32. The molecule has 78 valence electrons. The first kappa shape index (κ1) is 10.5. The molecule has 0 saturated heterocycles. The van der Waals surface area contributed by atoms with Gasteiger partial charge in [0, 0.05) is 16.4 Å². The van der Waals surface area contributed by atoms with Gasteiger partial charge in [0.1, 0.15) is 0 Å². The monoisotopic (exact) mass is 228 g/mol. The van der Waals surface area contributed by atoms with Crippen molar-refractivity contribution in [2.24, 2.45) is 0 Å². The zero-order valence-corrected chi connectivity index (χ0v) is 9.20. The van der Waals surface area contributed by atoms with Gasteiger partial charge in [0.25, 0.3) is 0 Å². The molecule has 16 heavy (non-hydrogen) atoms. The molecule has 0 bridgehead atoms. The molecule has 2 nitrogen and oxygen atoms in total. The van der Waals surface area contributed by atoms with Gasteiger partial charge in [0.2, 0.25) is 0 Å². The van der Waals surface area contributed by atoms with Crippen molar-refractivity contribution in [3.05, 3.63) is 59.1 Å². The Morgan fingerprint density at radius 3 is 2.44 bits per heavy atom. The van der Waals surface area contributed by atoms with E-state index in [4.69, 9.17) is 16.9 Å². The van der Waals surface area contributed by atoms with Crippen LogP contribution in [0.5, 0.6) is 0 Å². The zero-order valence-electron chi connectivity index (χ0n) is 8.44. The van der Waals surface area contributed by atoms with Crippen LogP contribution in [-0.2, 0) is 0 Å². The number of nitriles is 1. The van der Waals surface area contributed by atoms with Crippen LogP contribution in [0.25, 0.3) is 0 Å². The summed E-state index contributed by atoms with van der Waals surface area (Å²) in [5.41, 5.74) is 2.47. The number of rotatable bonds is 2. The summed E-state index contributed by atoms with van der Waals surface area (Å²) in [6.07, 6.45) is 0. The smallest absolute Gasteiger partial charge is 0.0992 e. The van der Waals surface area contributed by atoms with E-state index >= 15 is 0 Å².